The van der Waals surface area contributed by atoms with Crippen LogP contribution in [0.5, 0.6) is 0 Å². The number of pyridine rings is 1. The zero-order chi connectivity index (χ0) is 8.55. The predicted octanol–water partition coefficient (Wildman–Crippen LogP) is 3.76. The van der Waals surface area contributed by atoms with E-state index < -0.39 is 0 Å². The molecule has 60 valence electrons. The minimum absolute atomic E-state index is 0.863. The quantitative estimate of drug-likeness (QED) is 0.672. The van der Waals surface area contributed by atoms with Gasteiger partial charge in [-0.2, -0.15) is 0 Å². The normalized spacial score (nSPS) is 10.5. The van der Waals surface area contributed by atoms with Crippen LogP contribution in [0.4, 0.5) is 0 Å². The molecule has 0 saturated heterocycles. The van der Waals surface area contributed by atoms with Gasteiger partial charge in [0.05, 0.1) is 0 Å². The van der Waals surface area contributed by atoms with Gasteiger partial charge in [-0.05, 0) is 28.1 Å². The van der Waals surface area contributed by atoms with Crippen molar-refractivity contribution in [2.75, 3.05) is 0 Å². The molecule has 0 aliphatic carbocycles. The lowest BCUT2D eigenvalue weighted by Crippen LogP contribution is -1.78. The summed E-state index contributed by atoms with van der Waals surface area (Å²) in [6, 6.07) is 8.07. The fraction of sp³-hybridized carbons (Fsp3) is 0. The lowest BCUT2D eigenvalue weighted by molar-refractivity contribution is 1.31. The Morgan fingerprint density at radius 3 is 2.83 bits per heavy atom. The molecule has 0 spiro atoms. The minimum Gasteiger partial charge on any atom is -0.249 e. The van der Waals surface area contributed by atoms with Crippen molar-refractivity contribution in [1.29, 1.82) is 0 Å². The summed E-state index contributed by atoms with van der Waals surface area (Å²) in [7, 11) is 0. The molecule has 0 fully saturated rings. The zero-order valence-corrected chi connectivity index (χ0v) is 9.26. The molecule has 0 N–H and O–H groups in total. The Morgan fingerprint density at radius 1 is 1.17 bits per heavy atom. The molecule has 1 heterocycles. The molecule has 0 atom stereocenters. The number of benzene rings is 1. The smallest absolute Gasteiger partial charge is 0.106 e. The van der Waals surface area contributed by atoms with Crippen molar-refractivity contribution >= 4 is 42.6 Å². The van der Waals surface area contributed by atoms with Gasteiger partial charge in [0.15, 0.2) is 0 Å². The van der Waals surface area contributed by atoms with Gasteiger partial charge in [0, 0.05) is 21.4 Å². The molecule has 3 heteroatoms. The molecule has 0 saturated carbocycles. The summed E-state index contributed by atoms with van der Waals surface area (Å²) in [6.45, 7) is 0. The Balaban J connectivity index is 2.88. The number of halogens is 2. The zero-order valence-electron chi connectivity index (χ0n) is 6.09. The average molecular weight is 287 g/mol. The molecule has 0 bridgehead atoms. The van der Waals surface area contributed by atoms with E-state index in [0.29, 0.717) is 0 Å². The first-order valence-corrected chi connectivity index (χ1v) is 5.06. The molecular weight excluding hydrogens is 282 g/mol. The van der Waals surface area contributed by atoms with Crippen LogP contribution in [-0.2, 0) is 0 Å². The maximum Gasteiger partial charge on any atom is 0.106 e. The van der Waals surface area contributed by atoms with Crippen LogP contribution in [0.25, 0.3) is 10.8 Å². The fourth-order valence-electron chi connectivity index (χ4n) is 1.11. The minimum atomic E-state index is 0.863. The van der Waals surface area contributed by atoms with Crippen LogP contribution >= 0.6 is 31.9 Å². The Morgan fingerprint density at radius 2 is 2.00 bits per heavy atom. The summed E-state index contributed by atoms with van der Waals surface area (Å²) < 4.78 is 1.96. The van der Waals surface area contributed by atoms with Crippen LogP contribution in [0.1, 0.15) is 0 Å². The molecular formula is C9H5Br2N. The SMILES string of the molecule is Brc1cc2c(Br)cccc2cn1. The Hall–Kier alpha value is -0.410. The number of nitrogens with zero attached hydrogens (tertiary/aromatic N) is 1. The molecule has 0 radical (unpaired) electrons. The molecule has 0 amide bonds. The second-order valence-corrected chi connectivity index (χ2v) is 4.13. The lowest BCUT2D eigenvalue weighted by atomic mass is 10.2. The van der Waals surface area contributed by atoms with Gasteiger partial charge in [0.2, 0.25) is 0 Å². The summed E-state index contributed by atoms with van der Waals surface area (Å²) in [5.41, 5.74) is 0. The molecule has 1 nitrogen and oxygen atoms in total. The predicted molar refractivity (Wildman–Crippen MR) is 57.1 cm³/mol. The van der Waals surface area contributed by atoms with Crippen LogP contribution in [-0.4, -0.2) is 4.98 Å². The number of aromatic nitrogens is 1. The highest BCUT2D eigenvalue weighted by Crippen LogP contribution is 2.24. The van der Waals surface area contributed by atoms with E-state index in [9.17, 15) is 0 Å². The summed E-state index contributed by atoms with van der Waals surface area (Å²) in [5.74, 6) is 0. The molecule has 12 heavy (non-hydrogen) atoms. The highest BCUT2D eigenvalue weighted by atomic mass is 79.9. The van der Waals surface area contributed by atoms with E-state index in [2.05, 4.69) is 36.8 Å². The largest absolute Gasteiger partial charge is 0.249 e. The maximum atomic E-state index is 4.14. The van der Waals surface area contributed by atoms with Gasteiger partial charge in [-0.25, -0.2) is 4.98 Å². The van der Waals surface area contributed by atoms with Crippen LogP contribution < -0.4 is 0 Å². The Kier molecular flexibility index (Phi) is 2.15. The third kappa shape index (κ3) is 1.39. The Bertz CT molecular complexity index is 426. The van der Waals surface area contributed by atoms with Crippen molar-refractivity contribution in [2.24, 2.45) is 0 Å². The second-order valence-electron chi connectivity index (χ2n) is 2.47. The Labute approximate surface area is 87.1 Å². The van der Waals surface area contributed by atoms with Crippen molar-refractivity contribution in [3.63, 3.8) is 0 Å². The van der Waals surface area contributed by atoms with Crippen LogP contribution in [0.15, 0.2) is 39.5 Å². The number of hydrogen-bond acceptors (Lipinski definition) is 1. The van der Waals surface area contributed by atoms with E-state index in [0.717, 1.165) is 14.5 Å². The molecule has 1 aromatic heterocycles. The van der Waals surface area contributed by atoms with Crippen molar-refractivity contribution in [3.8, 4) is 0 Å². The first-order valence-electron chi connectivity index (χ1n) is 3.47. The summed E-state index contributed by atoms with van der Waals surface area (Å²) >= 11 is 6.82. The number of rotatable bonds is 0. The monoisotopic (exact) mass is 285 g/mol. The first kappa shape index (κ1) is 8.20. The molecule has 0 aliphatic rings. The summed E-state index contributed by atoms with van der Waals surface area (Å²) in [4.78, 5) is 4.14. The first-order chi connectivity index (χ1) is 5.77. The van der Waals surface area contributed by atoms with Gasteiger partial charge >= 0.3 is 0 Å². The van der Waals surface area contributed by atoms with Gasteiger partial charge in [0.25, 0.3) is 0 Å². The highest BCUT2D eigenvalue weighted by molar-refractivity contribution is 9.11. The van der Waals surface area contributed by atoms with Gasteiger partial charge in [0.1, 0.15) is 4.60 Å². The number of hydrogen-bond donors (Lipinski definition) is 0. The summed E-state index contributed by atoms with van der Waals surface area (Å²) in [6.07, 6.45) is 1.85. The van der Waals surface area contributed by atoms with Gasteiger partial charge in [-0.15, -0.1) is 0 Å². The third-order valence-corrected chi connectivity index (χ3v) is 2.80. The van der Waals surface area contributed by atoms with Gasteiger partial charge in [-0.3, -0.25) is 0 Å². The maximum absolute atomic E-state index is 4.14. The molecule has 2 aromatic rings. The number of fused-ring (bicyclic) bond motifs is 1. The average Bonchev–Trinajstić information content (AvgIpc) is 2.07. The van der Waals surface area contributed by atoms with Gasteiger partial charge < -0.3 is 0 Å². The standard InChI is InChI=1S/C9H5Br2N/c10-8-3-1-2-6-5-12-9(11)4-7(6)8/h1-5H. The van der Waals surface area contributed by atoms with Crippen molar-refractivity contribution in [1.82, 2.24) is 4.98 Å². The molecule has 2 rings (SSSR count). The summed E-state index contributed by atoms with van der Waals surface area (Å²) in [5, 5.41) is 2.33. The highest BCUT2D eigenvalue weighted by Gasteiger charge is 1.98. The topological polar surface area (TPSA) is 12.9 Å². The van der Waals surface area contributed by atoms with E-state index in [1.54, 1.807) is 0 Å². The lowest BCUT2D eigenvalue weighted by Gasteiger charge is -1.99. The second kappa shape index (κ2) is 3.15. The van der Waals surface area contributed by atoms with E-state index in [4.69, 9.17) is 0 Å². The van der Waals surface area contributed by atoms with Crippen LogP contribution in [0, 0.1) is 0 Å². The van der Waals surface area contributed by atoms with Crippen molar-refractivity contribution < 1.29 is 0 Å². The van der Waals surface area contributed by atoms with Gasteiger partial charge in [-0.1, -0.05) is 28.1 Å². The van der Waals surface area contributed by atoms with Crippen molar-refractivity contribution in [2.45, 2.75) is 0 Å². The fourth-order valence-corrected chi connectivity index (χ4v) is 1.93. The van der Waals surface area contributed by atoms with Crippen molar-refractivity contribution in [3.05, 3.63) is 39.5 Å². The van der Waals surface area contributed by atoms with E-state index >= 15 is 0 Å². The molecule has 0 unspecified atom stereocenters. The van der Waals surface area contributed by atoms with E-state index in [1.807, 2.05) is 30.5 Å². The van der Waals surface area contributed by atoms with Crippen LogP contribution in [0.2, 0.25) is 0 Å². The van der Waals surface area contributed by atoms with E-state index in [-0.39, 0.29) is 0 Å². The van der Waals surface area contributed by atoms with E-state index in [1.165, 1.54) is 5.39 Å². The molecule has 1 aromatic carbocycles. The molecule has 0 aliphatic heterocycles. The van der Waals surface area contributed by atoms with Crippen LogP contribution in [0.3, 0.4) is 0 Å². The third-order valence-electron chi connectivity index (χ3n) is 1.68.